The molecule has 0 amide bonds. The number of rotatable bonds is 3. The van der Waals surface area contributed by atoms with Crippen molar-refractivity contribution in [3.05, 3.63) is 51.8 Å². The summed E-state index contributed by atoms with van der Waals surface area (Å²) in [6.07, 6.45) is 0. The first-order chi connectivity index (χ1) is 9.38. The average Bonchev–Trinajstić information content (AvgIpc) is 2.33. The summed E-state index contributed by atoms with van der Waals surface area (Å²) in [5.41, 5.74) is 6.41. The first-order valence-electron chi connectivity index (χ1n) is 5.43. The van der Waals surface area contributed by atoms with Crippen LogP contribution < -0.4 is 11.1 Å². The van der Waals surface area contributed by atoms with Crippen LogP contribution in [0.3, 0.4) is 0 Å². The van der Waals surface area contributed by atoms with Crippen LogP contribution in [0.5, 0.6) is 0 Å². The second-order valence-electron chi connectivity index (χ2n) is 3.98. The Balaban J connectivity index is 2.50. The third-order valence-corrected chi connectivity index (χ3v) is 3.14. The molecular weight excluding hydrogens is 306 g/mol. The zero-order valence-electron chi connectivity index (χ0n) is 9.95. The number of aromatic carboxylic acids is 1. The van der Waals surface area contributed by atoms with E-state index in [1.807, 2.05) is 0 Å². The smallest absolute Gasteiger partial charge is 0.337 e. The number of halogens is 3. The molecule has 20 heavy (non-hydrogen) atoms. The Hall–Kier alpha value is -1.98. The molecular formula is C13H9Cl2FN2O2. The topological polar surface area (TPSA) is 75.4 Å². The highest BCUT2D eigenvalue weighted by atomic mass is 35.5. The second-order valence-corrected chi connectivity index (χ2v) is 4.79. The van der Waals surface area contributed by atoms with Crippen LogP contribution in [-0.4, -0.2) is 11.1 Å². The Labute approximate surface area is 123 Å². The van der Waals surface area contributed by atoms with E-state index in [4.69, 9.17) is 34.0 Å². The molecule has 0 aliphatic carbocycles. The lowest BCUT2D eigenvalue weighted by atomic mass is 10.1. The van der Waals surface area contributed by atoms with Crippen molar-refractivity contribution in [1.29, 1.82) is 0 Å². The number of anilines is 3. The van der Waals surface area contributed by atoms with Gasteiger partial charge in [-0.2, -0.15) is 0 Å². The largest absolute Gasteiger partial charge is 0.478 e. The molecule has 0 aliphatic heterocycles. The Morgan fingerprint density at radius 1 is 1.20 bits per heavy atom. The third kappa shape index (κ3) is 2.95. The summed E-state index contributed by atoms with van der Waals surface area (Å²) in [7, 11) is 0. The van der Waals surface area contributed by atoms with Gasteiger partial charge in [-0.1, -0.05) is 23.2 Å². The maximum Gasteiger partial charge on any atom is 0.337 e. The maximum atomic E-state index is 13.1. The van der Waals surface area contributed by atoms with Crippen LogP contribution in [0.25, 0.3) is 0 Å². The fourth-order valence-corrected chi connectivity index (χ4v) is 2.20. The number of carbonyl (C=O) groups is 1. The van der Waals surface area contributed by atoms with Crippen molar-refractivity contribution in [2.45, 2.75) is 0 Å². The van der Waals surface area contributed by atoms with Crippen LogP contribution in [0.2, 0.25) is 10.0 Å². The van der Waals surface area contributed by atoms with Crippen LogP contribution in [0.1, 0.15) is 10.4 Å². The van der Waals surface area contributed by atoms with Crippen molar-refractivity contribution in [3.8, 4) is 0 Å². The molecule has 0 saturated carbocycles. The number of hydrogen-bond donors (Lipinski definition) is 3. The zero-order valence-corrected chi connectivity index (χ0v) is 11.5. The van der Waals surface area contributed by atoms with Crippen molar-refractivity contribution in [3.63, 3.8) is 0 Å². The monoisotopic (exact) mass is 314 g/mol. The minimum Gasteiger partial charge on any atom is -0.478 e. The molecule has 2 aromatic carbocycles. The number of nitrogens with one attached hydrogen (secondary N) is 1. The van der Waals surface area contributed by atoms with Crippen molar-refractivity contribution >= 4 is 46.2 Å². The molecule has 104 valence electrons. The molecule has 2 rings (SSSR count). The minimum atomic E-state index is -1.14. The quantitative estimate of drug-likeness (QED) is 0.744. The molecule has 0 bridgehead atoms. The van der Waals surface area contributed by atoms with Crippen LogP contribution >= 0.6 is 23.2 Å². The van der Waals surface area contributed by atoms with Gasteiger partial charge in [0.1, 0.15) is 5.82 Å². The van der Waals surface area contributed by atoms with Gasteiger partial charge in [-0.15, -0.1) is 0 Å². The van der Waals surface area contributed by atoms with Gasteiger partial charge in [0.05, 0.1) is 27.0 Å². The molecule has 0 heterocycles. The number of carboxylic acid groups (broad SMARTS) is 1. The Morgan fingerprint density at radius 3 is 2.35 bits per heavy atom. The van der Waals surface area contributed by atoms with E-state index in [1.165, 1.54) is 18.2 Å². The molecule has 0 unspecified atom stereocenters. The standard InChI is InChI=1S/C13H9Cl2FN2O2/c14-9-3-6(16)4-10(15)12(9)18-11-5-7(17)1-2-8(11)13(19)20/h1-5,18H,17H2,(H,19,20). The van der Waals surface area contributed by atoms with Crippen LogP contribution in [0.15, 0.2) is 30.3 Å². The molecule has 0 aromatic heterocycles. The SMILES string of the molecule is Nc1ccc(C(=O)O)c(Nc2c(Cl)cc(F)cc2Cl)c1. The van der Waals surface area contributed by atoms with E-state index < -0.39 is 11.8 Å². The molecule has 4 nitrogen and oxygen atoms in total. The molecule has 4 N–H and O–H groups in total. The summed E-state index contributed by atoms with van der Waals surface area (Å²) in [5.74, 6) is -1.72. The lowest BCUT2D eigenvalue weighted by Crippen LogP contribution is -2.04. The van der Waals surface area contributed by atoms with Crippen molar-refractivity contribution in [2.24, 2.45) is 0 Å². The van der Waals surface area contributed by atoms with Gasteiger partial charge in [0.25, 0.3) is 0 Å². The Bertz CT molecular complexity index is 669. The molecule has 0 atom stereocenters. The van der Waals surface area contributed by atoms with E-state index in [0.29, 0.717) is 5.69 Å². The minimum absolute atomic E-state index is 0.00402. The van der Waals surface area contributed by atoms with E-state index in [1.54, 1.807) is 0 Å². The van der Waals surface area contributed by atoms with Gasteiger partial charge in [-0.3, -0.25) is 0 Å². The first kappa shape index (κ1) is 14.4. The zero-order chi connectivity index (χ0) is 14.9. The first-order valence-corrected chi connectivity index (χ1v) is 6.18. The summed E-state index contributed by atoms with van der Waals surface area (Å²) in [6, 6.07) is 6.39. The van der Waals surface area contributed by atoms with Crippen LogP contribution in [0, 0.1) is 5.82 Å². The van der Waals surface area contributed by atoms with E-state index in [2.05, 4.69) is 5.32 Å². The average molecular weight is 315 g/mol. The van der Waals surface area contributed by atoms with Gasteiger partial charge < -0.3 is 16.2 Å². The van der Waals surface area contributed by atoms with E-state index in [-0.39, 0.29) is 27.0 Å². The van der Waals surface area contributed by atoms with E-state index >= 15 is 0 Å². The molecule has 0 spiro atoms. The summed E-state index contributed by atoms with van der Waals surface area (Å²) in [4.78, 5) is 11.1. The fourth-order valence-electron chi connectivity index (χ4n) is 1.65. The molecule has 0 aliphatic rings. The molecule has 0 saturated heterocycles. The van der Waals surface area contributed by atoms with Gasteiger partial charge >= 0.3 is 5.97 Å². The molecule has 0 radical (unpaired) electrons. The summed E-state index contributed by atoms with van der Waals surface area (Å²) in [5, 5.41) is 11.9. The van der Waals surface area contributed by atoms with E-state index in [9.17, 15) is 9.18 Å². The van der Waals surface area contributed by atoms with Gasteiger partial charge in [-0.25, -0.2) is 9.18 Å². The molecule has 0 fully saturated rings. The molecule has 7 heteroatoms. The highest BCUT2D eigenvalue weighted by Gasteiger charge is 2.14. The number of carboxylic acids is 1. The van der Waals surface area contributed by atoms with Gasteiger partial charge in [-0.05, 0) is 30.3 Å². The van der Waals surface area contributed by atoms with Crippen molar-refractivity contribution in [2.75, 3.05) is 11.1 Å². The van der Waals surface area contributed by atoms with Crippen molar-refractivity contribution in [1.82, 2.24) is 0 Å². The Morgan fingerprint density at radius 2 is 1.80 bits per heavy atom. The normalized spacial score (nSPS) is 10.3. The number of nitrogen functional groups attached to an aromatic ring is 1. The highest BCUT2D eigenvalue weighted by molar-refractivity contribution is 6.39. The summed E-state index contributed by atoms with van der Waals surface area (Å²) >= 11 is 11.8. The number of nitrogens with two attached hydrogens (primary N) is 1. The lowest BCUT2D eigenvalue weighted by Gasteiger charge is -2.13. The third-order valence-electron chi connectivity index (χ3n) is 2.54. The van der Waals surface area contributed by atoms with Gasteiger partial charge in [0.2, 0.25) is 0 Å². The van der Waals surface area contributed by atoms with Crippen molar-refractivity contribution < 1.29 is 14.3 Å². The predicted molar refractivity (Wildman–Crippen MR) is 77.5 cm³/mol. The predicted octanol–water partition coefficient (Wildman–Crippen LogP) is 4.16. The van der Waals surface area contributed by atoms with Crippen LogP contribution in [-0.2, 0) is 0 Å². The van der Waals surface area contributed by atoms with Gasteiger partial charge in [0.15, 0.2) is 0 Å². The summed E-state index contributed by atoms with van der Waals surface area (Å²) in [6.45, 7) is 0. The fraction of sp³-hybridized carbons (Fsp3) is 0. The second kappa shape index (κ2) is 5.56. The number of hydrogen-bond acceptors (Lipinski definition) is 3. The van der Waals surface area contributed by atoms with Crippen LogP contribution in [0.4, 0.5) is 21.5 Å². The Kier molecular flexibility index (Phi) is 4.01. The molecule has 2 aromatic rings. The highest BCUT2D eigenvalue weighted by Crippen LogP contribution is 2.35. The summed E-state index contributed by atoms with van der Waals surface area (Å²) < 4.78 is 13.1. The lowest BCUT2D eigenvalue weighted by molar-refractivity contribution is 0.0698. The maximum absolute atomic E-state index is 13.1. The number of benzene rings is 2. The van der Waals surface area contributed by atoms with Gasteiger partial charge in [0, 0.05) is 5.69 Å². The van der Waals surface area contributed by atoms with E-state index in [0.717, 1.165) is 12.1 Å².